The van der Waals surface area contributed by atoms with Crippen LogP contribution in [-0.4, -0.2) is 11.0 Å². The number of hydrogen-bond donors (Lipinski definition) is 2. The molecule has 6 heteroatoms. The van der Waals surface area contributed by atoms with E-state index in [1.807, 2.05) is 18.2 Å². The Morgan fingerprint density at radius 2 is 1.68 bits per heavy atom. The summed E-state index contributed by atoms with van der Waals surface area (Å²) in [5.74, 6) is 0.351. The number of furan rings is 1. The van der Waals surface area contributed by atoms with E-state index in [0.29, 0.717) is 10.8 Å². The molecular formula is C25H17ClN2O2S. The molecule has 31 heavy (non-hydrogen) atoms. The number of anilines is 1. The number of nitrogens with one attached hydrogen (secondary N) is 2. The van der Waals surface area contributed by atoms with Crippen LogP contribution < -0.4 is 10.6 Å². The standard InChI is InChI=1S/C25H17ClN2O2S/c26-18-7-5-15(6-8-18)22-11-12-23(30-22)24(29)28-25(31)27-19-9-10-21-17(14-19)13-16-3-1-2-4-20(16)21/h1-12,14H,13H2,(H2,27,28,29,31). The molecule has 152 valence electrons. The first-order valence-corrected chi connectivity index (χ1v) is 10.5. The molecule has 0 spiro atoms. The normalized spacial score (nSPS) is 11.5. The fourth-order valence-corrected chi connectivity index (χ4v) is 4.12. The Balaban J connectivity index is 1.25. The summed E-state index contributed by atoms with van der Waals surface area (Å²) in [5, 5.41) is 6.61. The summed E-state index contributed by atoms with van der Waals surface area (Å²) in [5.41, 5.74) is 6.73. The number of benzene rings is 3. The van der Waals surface area contributed by atoms with Crippen LogP contribution in [0.15, 0.2) is 83.3 Å². The quantitative estimate of drug-likeness (QED) is 0.321. The number of halogens is 1. The van der Waals surface area contributed by atoms with Gasteiger partial charge in [0.2, 0.25) is 0 Å². The zero-order valence-corrected chi connectivity index (χ0v) is 17.9. The van der Waals surface area contributed by atoms with Crippen molar-refractivity contribution < 1.29 is 9.21 Å². The molecule has 0 fully saturated rings. The topological polar surface area (TPSA) is 54.3 Å². The highest BCUT2D eigenvalue weighted by molar-refractivity contribution is 7.80. The fourth-order valence-electron chi connectivity index (χ4n) is 3.78. The van der Waals surface area contributed by atoms with Crippen LogP contribution in [0.4, 0.5) is 5.69 Å². The Morgan fingerprint density at radius 3 is 2.52 bits per heavy atom. The van der Waals surface area contributed by atoms with Gasteiger partial charge in [-0.3, -0.25) is 10.1 Å². The number of thiocarbonyl (C=S) groups is 1. The maximum Gasteiger partial charge on any atom is 0.293 e. The third-order valence-corrected chi connectivity index (χ3v) is 5.69. The second-order valence-electron chi connectivity index (χ2n) is 7.28. The van der Waals surface area contributed by atoms with Gasteiger partial charge in [0.05, 0.1) is 0 Å². The highest BCUT2D eigenvalue weighted by Gasteiger charge is 2.18. The third kappa shape index (κ3) is 3.98. The first kappa shape index (κ1) is 19.5. The van der Waals surface area contributed by atoms with E-state index in [1.165, 1.54) is 22.3 Å². The van der Waals surface area contributed by atoms with Gasteiger partial charge in [0, 0.05) is 16.3 Å². The number of hydrogen-bond acceptors (Lipinski definition) is 3. The SMILES string of the molecule is O=C(NC(=S)Nc1ccc2c(c1)Cc1ccccc1-2)c1ccc(-c2ccc(Cl)cc2)o1. The molecular weight excluding hydrogens is 428 g/mol. The van der Waals surface area contributed by atoms with E-state index >= 15 is 0 Å². The molecule has 0 aliphatic heterocycles. The first-order chi connectivity index (χ1) is 15.1. The minimum absolute atomic E-state index is 0.179. The molecule has 1 aliphatic carbocycles. The van der Waals surface area contributed by atoms with E-state index in [-0.39, 0.29) is 10.9 Å². The van der Waals surface area contributed by atoms with Crippen LogP contribution in [0.5, 0.6) is 0 Å². The zero-order valence-electron chi connectivity index (χ0n) is 16.3. The monoisotopic (exact) mass is 444 g/mol. The maximum atomic E-state index is 12.5. The minimum atomic E-state index is -0.411. The fraction of sp³-hybridized carbons (Fsp3) is 0.0400. The smallest absolute Gasteiger partial charge is 0.293 e. The van der Waals surface area contributed by atoms with E-state index in [0.717, 1.165) is 17.7 Å². The van der Waals surface area contributed by atoms with Crippen LogP contribution in [0.1, 0.15) is 21.7 Å². The molecule has 0 saturated heterocycles. The molecule has 3 aromatic carbocycles. The van der Waals surface area contributed by atoms with Gasteiger partial charge in [-0.1, -0.05) is 41.9 Å². The van der Waals surface area contributed by atoms with Gasteiger partial charge in [0.15, 0.2) is 10.9 Å². The molecule has 0 saturated carbocycles. The van der Waals surface area contributed by atoms with Crippen molar-refractivity contribution in [3.8, 4) is 22.5 Å². The summed E-state index contributed by atoms with van der Waals surface area (Å²) in [4.78, 5) is 12.5. The molecule has 2 N–H and O–H groups in total. The minimum Gasteiger partial charge on any atom is -0.451 e. The molecule has 1 aromatic heterocycles. The Hall–Kier alpha value is -3.41. The second-order valence-corrected chi connectivity index (χ2v) is 8.13. The van der Waals surface area contributed by atoms with Crippen molar-refractivity contribution in [3.05, 3.63) is 101 Å². The van der Waals surface area contributed by atoms with Gasteiger partial charge in [0.1, 0.15) is 5.76 Å². The molecule has 0 radical (unpaired) electrons. The van der Waals surface area contributed by atoms with Crippen LogP contribution >= 0.6 is 23.8 Å². The van der Waals surface area contributed by atoms with Crippen molar-refractivity contribution in [1.29, 1.82) is 0 Å². The van der Waals surface area contributed by atoms with Gasteiger partial charge >= 0.3 is 0 Å². The van der Waals surface area contributed by atoms with E-state index in [1.54, 1.807) is 24.3 Å². The van der Waals surface area contributed by atoms with Crippen molar-refractivity contribution in [2.45, 2.75) is 6.42 Å². The predicted molar refractivity (Wildman–Crippen MR) is 128 cm³/mol. The molecule has 4 aromatic rings. The molecule has 1 heterocycles. The second kappa shape index (κ2) is 8.02. The number of fused-ring (bicyclic) bond motifs is 3. The van der Waals surface area contributed by atoms with Crippen molar-refractivity contribution in [2.75, 3.05) is 5.32 Å². The average molecular weight is 445 g/mol. The van der Waals surface area contributed by atoms with Gasteiger partial charge in [-0.2, -0.15) is 0 Å². The number of carbonyl (C=O) groups is 1. The number of rotatable bonds is 3. The highest BCUT2D eigenvalue weighted by Crippen LogP contribution is 2.37. The third-order valence-electron chi connectivity index (χ3n) is 5.24. The van der Waals surface area contributed by atoms with Gasteiger partial charge in [-0.05, 0) is 89.4 Å². The summed E-state index contributed by atoms with van der Waals surface area (Å²) in [6, 6.07) is 25.1. The molecule has 0 atom stereocenters. The van der Waals surface area contributed by atoms with Crippen LogP contribution in [0.3, 0.4) is 0 Å². The van der Waals surface area contributed by atoms with Crippen LogP contribution in [-0.2, 0) is 6.42 Å². The summed E-state index contributed by atoms with van der Waals surface area (Å²) < 4.78 is 5.68. The molecule has 0 unspecified atom stereocenters. The van der Waals surface area contributed by atoms with Crippen molar-refractivity contribution in [2.24, 2.45) is 0 Å². The summed E-state index contributed by atoms with van der Waals surface area (Å²) in [6.07, 6.45) is 0.889. The first-order valence-electron chi connectivity index (χ1n) is 9.76. The van der Waals surface area contributed by atoms with Gasteiger partial charge in [-0.15, -0.1) is 0 Å². The number of amides is 1. The highest BCUT2D eigenvalue weighted by atomic mass is 35.5. The Morgan fingerprint density at radius 1 is 0.903 bits per heavy atom. The van der Waals surface area contributed by atoms with Crippen molar-refractivity contribution >= 4 is 40.5 Å². The maximum absolute atomic E-state index is 12.5. The largest absolute Gasteiger partial charge is 0.451 e. The van der Waals surface area contributed by atoms with Crippen LogP contribution in [0.25, 0.3) is 22.5 Å². The number of carbonyl (C=O) groups excluding carboxylic acids is 1. The summed E-state index contributed by atoms with van der Waals surface area (Å²) in [7, 11) is 0. The van der Waals surface area contributed by atoms with E-state index in [9.17, 15) is 4.79 Å². The Bertz CT molecular complexity index is 1310. The Labute approximate surface area is 189 Å². The zero-order chi connectivity index (χ0) is 21.4. The molecule has 4 nitrogen and oxygen atoms in total. The lowest BCUT2D eigenvalue weighted by molar-refractivity contribution is 0.0951. The van der Waals surface area contributed by atoms with Gasteiger partial charge in [-0.25, -0.2) is 0 Å². The van der Waals surface area contributed by atoms with E-state index in [4.69, 9.17) is 28.2 Å². The van der Waals surface area contributed by atoms with Crippen LogP contribution in [0.2, 0.25) is 5.02 Å². The van der Waals surface area contributed by atoms with Crippen molar-refractivity contribution in [1.82, 2.24) is 5.32 Å². The average Bonchev–Trinajstić information content (AvgIpc) is 3.39. The molecule has 0 bridgehead atoms. The summed E-state index contributed by atoms with van der Waals surface area (Å²) in [6.45, 7) is 0. The molecule has 5 rings (SSSR count). The van der Waals surface area contributed by atoms with E-state index in [2.05, 4.69) is 47.0 Å². The predicted octanol–water partition coefficient (Wildman–Crippen LogP) is 6.30. The van der Waals surface area contributed by atoms with Gasteiger partial charge in [0.25, 0.3) is 5.91 Å². The molecule has 1 amide bonds. The van der Waals surface area contributed by atoms with E-state index < -0.39 is 5.91 Å². The lowest BCUT2D eigenvalue weighted by Crippen LogP contribution is -2.33. The van der Waals surface area contributed by atoms with Gasteiger partial charge < -0.3 is 9.73 Å². The molecule has 1 aliphatic rings. The lowest BCUT2D eigenvalue weighted by Gasteiger charge is -2.10. The Kier molecular flexibility index (Phi) is 5.06. The lowest BCUT2D eigenvalue weighted by atomic mass is 10.1. The van der Waals surface area contributed by atoms with Crippen molar-refractivity contribution in [3.63, 3.8) is 0 Å². The summed E-state index contributed by atoms with van der Waals surface area (Å²) >= 11 is 11.2. The van der Waals surface area contributed by atoms with Crippen LogP contribution in [0, 0.1) is 0 Å².